The van der Waals surface area contributed by atoms with E-state index in [-0.39, 0.29) is 12.0 Å². The minimum atomic E-state index is -0.0977. The minimum absolute atomic E-state index is 0.0324. The van der Waals surface area contributed by atoms with Crippen molar-refractivity contribution in [1.82, 2.24) is 14.9 Å². The maximum absolute atomic E-state index is 12.3. The van der Waals surface area contributed by atoms with Gasteiger partial charge in [0.25, 0.3) is 0 Å². The van der Waals surface area contributed by atoms with Crippen molar-refractivity contribution in [2.75, 3.05) is 13.2 Å². The molecule has 6 heteroatoms. The first kappa shape index (κ1) is 16.3. The molecule has 1 aromatic carbocycles. The fraction of sp³-hybridized carbons (Fsp3) is 0.368. The number of hydrogen-bond acceptors (Lipinski definition) is 4. The average molecular weight is 355 g/mol. The monoisotopic (exact) mass is 355 g/mol. The molecule has 0 spiro atoms. The molecule has 0 bridgehead atoms. The SMILES string of the molecule is Cn1c(CCNC(=O)CC2OCCc3ccsc32)nc2ccccc21. The van der Waals surface area contributed by atoms with Crippen LogP contribution in [0.2, 0.25) is 0 Å². The molecule has 130 valence electrons. The number of carbonyl (C=O) groups is 1. The van der Waals surface area contributed by atoms with Gasteiger partial charge in [-0.3, -0.25) is 4.79 Å². The van der Waals surface area contributed by atoms with E-state index in [2.05, 4.69) is 32.4 Å². The molecule has 3 aromatic rings. The van der Waals surface area contributed by atoms with Crippen molar-refractivity contribution in [1.29, 1.82) is 0 Å². The van der Waals surface area contributed by atoms with Gasteiger partial charge in [-0.1, -0.05) is 12.1 Å². The molecule has 1 amide bonds. The predicted molar refractivity (Wildman–Crippen MR) is 98.8 cm³/mol. The van der Waals surface area contributed by atoms with E-state index in [4.69, 9.17) is 4.74 Å². The van der Waals surface area contributed by atoms with Crippen LogP contribution in [0.3, 0.4) is 0 Å². The molecule has 1 N–H and O–H groups in total. The van der Waals surface area contributed by atoms with Gasteiger partial charge in [0.2, 0.25) is 5.91 Å². The van der Waals surface area contributed by atoms with Crippen molar-refractivity contribution in [3.63, 3.8) is 0 Å². The van der Waals surface area contributed by atoms with Gasteiger partial charge in [0.05, 0.1) is 24.1 Å². The highest BCUT2D eigenvalue weighted by atomic mass is 32.1. The summed E-state index contributed by atoms with van der Waals surface area (Å²) in [5.41, 5.74) is 3.44. The fourth-order valence-electron chi connectivity index (χ4n) is 3.35. The molecule has 3 heterocycles. The molecule has 4 rings (SSSR count). The highest BCUT2D eigenvalue weighted by Gasteiger charge is 2.24. The van der Waals surface area contributed by atoms with Gasteiger partial charge < -0.3 is 14.6 Å². The van der Waals surface area contributed by atoms with Crippen molar-refractivity contribution in [2.45, 2.75) is 25.4 Å². The van der Waals surface area contributed by atoms with Crippen LogP contribution in [0.5, 0.6) is 0 Å². The Balaban J connectivity index is 1.33. The molecular formula is C19H21N3O2S. The number of benzene rings is 1. The summed E-state index contributed by atoms with van der Waals surface area (Å²) in [6.07, 6.45) is 1.95. The number of nitrogens with one attached hydrogen (secondary N) is 1. The number of nitrogens with zero attached hydrogens (tertiary/aromatic N) is 2. The molecule has 2 aromatic heterocycles. The first-order valence-electron chi connectivity index (χ1n) is 8.57. The standard InChI is InChI=1S/C19H21N3O2S/c1-22-15-5-3-2-4-14(15)21-17(22)6-9-20-18(23)12-16-19-13(7-10-24-16)8-11-25-19/h2-5,8,11,16H,6-7,9-10,12H2,1H3,(H,20,23). The van der Waals surface area contributed by atoms with E-state index in [1.807, 2.05) is 25.2 Å². The minimum Gasteiger partial charge on any atom is -0.372 e. The number of aryl methyl sites for hydroxylation is 1. The lowest BCUT2D eigenvalue weighted by Gasteiger charge is -2.22. The summed E-state index contributed by atoms with van der Waals surface area (Å²) in [5, 5.41) is 5.08. The molecule has 25 heavy (non-hydrogen) atoms. The third-order valence-electron chi connectivity index (χ3n) is 4.68. The second-order valence-electron chi connectivity index (χ2n) is 6.30. The van der Waals surface area contributed by atoms with Gasteiger partial charge in [-0.2, -0.15) is 0 Å². The molecule has 1 aliphatic rings. The number of imidazole rings is 1. The van der Waals surface area contributed by atoms with Crippen LogP contribution in [-0.4, -0.2) is 28.6 Å². The first-order chi connectivity index (χ1) is 12.2. The van der Waals surface area contributed by atoms with Gasteiger partial charge in [0, 0.05) is 24.9 Å². The summed E-state index contributed by atoms with van der Waals surface area (Å²) in [4.78, 5) is 18.1. The quantitative estimate of drug-likeness (QED) is 0.765. The van der Waals surface area contributed by atoms with Crippen LogP contribution in [-0.2, 0) is 29.4 Å². The van der Waals surface area contributed by atoms with Gasteiger partial charge in [-0.25, -0.2) is 4.98 Å². The molecule has 0 saturated heterocycles. The van der Waals surface area contributed by atoms with E-state index in [9.17, 15) is 4.79 Å². The summed E-state index contributed by atoms with van der Waals surface area (Å²) in [5.74, 6) is 1.01. The van der Waals surface area contributed by atoms with E-state index in [0.717, 1.165) is 23.3 Å². The van der Waals surface area contributed by atoms with E-state index in [1.165, 1.54) is 10.4 Å². The van der Waals surface area contributed by atoms with E-state index in [1.54, 1.807) is 11.3 Å². The highest BCUT2D eigenvalue weighted by Crippen LogP contribution is 2.33. The molecule has 0 aliphatic carbocycles. The third-order valence-corrected chi connectivity index (χ3v) is 5.74. The zero-order valence-corrected chi connectivity index (χ0v) is 15.0. The Kier molecular flexibility index (Phi) is 4.55. The van der Waals surface area contributed by atoms with Crippen molar-refractivity contribution in [2.24, 2.45) is 7.05 Å². The lowest BCUT2D eigenvalue weighted by Crippen LogP contribution is -2.29. The van der Waals surface area contributed by atoms with Gasteiger partial charge >= 0.3 is 0 Å². The van der Waals surface area contributed by atoms with Crippen molar-refractivity contribution < 1.29 is 9.53 Å². The van der Waals surface area contributed by atoms with E-state index in [0.29, 0.717) is 26.0 Å². The number of thiophene rings is 1. The topological polar surface area (TPSA) is 56.2 Å². The zero-order chi connectivity index (χ0) is 17.2. The summed E-state index contributed by atoms with van der Waals surface area (Å²) in [6.45, 7) is 1.28. The normalized spacial score (nSPS) is 16.8. The number of carbonyl (C=O) groups excluding carboxylic acids is 1. The summed E-state index contributed by atoms with van der Waals surface area (Å²) in [7, 11) is 2.01. The van der Waals surface area contributed by atoms with Crippen LogP contribution < -0.4 is 5.32 Å². The Morgan fingerprint density at radius 2 is 2.28 bits per heavy atom. The molecule has 0 radical (unpaired) electrons. The van der Waals surface area contributed by atoms with Crippen LogP contribution in [0.15, 0.2) is 35.7 Å². The number of hydrogen-bond donors (Lipinski definition) is 1. The van der Waals surface area contributed by atoms with E-state index >= 15 is 0 Å². The van der Waals surface area contributed by atoms with Gasteiger partial charge in [0.1, 0.15) is 11.9 Å². The Labute approximate surface area is 150 Å². The lowest BCUT2D eigenvalue weighted by atomic mass is 10.1. The number of fused-ring (bicyclic) bond motifs is 2. The van der Waals surface area contributed by atoms with Gasteiger partial charge in [0.15, 0.2) is 0 Å². The third kappa shape index (κ3) is 3.32. The Morgan fingerprint density at radius 1 is 1.40 bits per heavy atom. The maximum Gasteiger partial charge on any atom is 0.223 e. The second-order valence-corrected chi connectivity index (χ2v) is 7.25. The molecule has 5 nitrogen and oxygen atoms in total. The van der Waals surface area contributed by atoms with Crippen LogP contribution in [0.4, 0.5) is 0 Å². The first-order valence-corrected chi connectivity index (χ1v) is 9.45. The molecule has 0 fully saturated rings. The summed E-state index contributed by atoms with van der Waals surface area (Å²) < 4.78 is 7.88. The highest BCUT2D eigenvalue weighted by molar-refractivity contribution is 7.10. The van der Waals surface area contributed by atoms with Crippen LogP contribution >= 0.6 is 11.3 Å². The molecule has 1 unspecified atom stereocenters. The largest absolute Gasteiger partial charge is 0.372 e. The lowest BCUT2D eigenvalue weighted by molar-refractivity contribution is -0.124. The Morgan fingerprint density at radius 3 is 3.16 bits per heavy atom. The zero-order valence-electron chi connectivity index (χ0n) is 14.2. The number of rotatable bonds is 5. The maximum atomic E-state index is 12.3. The summed E-state index contributed by atoms with van der Waals surface area (Å²) in [6, 6.07) is 10.2. The number of ether oxygens (including phenoxy) is 1. The molecule has 1 atom stereocenters. The average Bonchev–Trinajstić information content (AvgIpc) is 3.21. The van der Waals surface area contributed by atoms with Crippen molar-refractivity contribution in [3.05, 3.63) is 52.0 Å². The Hall–Kier alpha value is -2.18. The van der Waals surface area contributed by atoms with Gasteiger partial charge in [-0.05, 0) is 35.6 Å². The molecule has 0 saturated carbocycles. The van der Waals surface area contributed by atoms with Crippen molar-refractivity contribution >= 4 is 28.3 Å². The molecule has 1 aliphatic heterocycles. The second kappa shape index (κ2) is 6.98. The molecular weight excluding hydrogens is 334 g/mol. The van der Waals surface area contributed by atoms with E-state index < -0.39 is 0 Å². The number of amides is 1. The number of aromatic nitrogens is 2. The predicted octanol–water partition coefficient (Wildman–Crippen LogP) is 3.00. The van der Waals surface area contributed by atoms with Crippen molar-refractivity contribution in [3.8, 4) is 0 Å². The summed E-state index contributed by atoms with van der Waals surface area (Å²) >= 11 is 1.68. The van der Waals surface area contributed by atoms with Crippen LogP contribution in [0.1, 0.15) is 28.8 Å². The number of para-hydroxylation sites is 2. The Bertz CT molecular complexity index is 899. The smallest absolute Gasteiger partial charge is 0.223 e. The van der Waals surface area contributed by atoms with Crippen LogP contribution in [0.25, 0.3) is 11.0 Å². The van der Waals surface area contributed by atoms with Crippen LogP contribution in [0, 0.1) is 0 Å². The van der Waals surface area contributed by atoms with Gasteiger partial charge in [-0.15, -0.1) is 11.3 Å². The fourth-order valence-corrected chi connectivity index (χ4v) is 4.35.